The van der Waals surface area contributed by atoms with Gasteiger partial charge in [-0.15, -0.1) is 0 Å². The van der Waals surface area contributed by atoms with Crippen molar-refractivity contribution in [3.05, 3.63) is 59.7 Å². The molecule has 0 heterocycles. The highest BCUT2D eigenvalue weighted by atomic mass is 16.6. The summed E-state index contributed by atoms with van der Waals surface area (Å²) < 4.78 is 49.4. The number of ether oxygens (including phenoxy) is 9. The molecule has 2 aromatic carbocycles. The van der Waals surface area contributed by atoms with E-state index < -0.39 is 138 Å². The first kappa shape index (κ1) is 76.0. The van der Waals surface area contributed by atoms with Crippen LogP contribution in [0.5, 0.6) is 0 Å². The molecule has 0 spiro atoms. The van der Waals surface area contributed by atoms with Crippen molar-refractivity contribution in [2.75, 3.05) is 73.1 Å². The first-order chi connectivity index (χ1) is 41.4. The first-order valence-electron chi connectivity index (χ1n) is 30.2. The van der Waals surface area contributed by atoms with Crippen molar-refractivity contribution >= 4 is 59.5 Å². The fourth-order valence-corrected chi connectivity index (χ4v) is 8.85. The van der Waals surface area contributed by atoms with Gasteiger partial charge in [0, 0.05) is 25.9 Å². The summed E-state index contributed by atoms with van der Waals surface area (Å²) in [6.45, 7) is 26.6. The van der Waals surface area contributed by atoms with E-state index in [0.717, 1.165) is 27.2 Å². The number of nitrogens with zero attached hydrogens (tertiary/aromatic N) is 1. The van der Waals surface area contributed by atoms with Crippen LogP contribution in [0.15, 0.2) is 48.5 Å². The number of fused-ring (bicyclic) bond motifs is 3. The molecule has 5 atom stereocenters. The lowest BCUT2D eigenvalue weighted by atomic mass is 9.98. The van der Waals surface area contributed by atoms with Crippen LogP contribution in [0, 0.1) is 5.92 Å². The Bertz CT molecular complexity index is 2640. The minimum atomic E-state index is -1.69. The summed E-state index contributed by atoms with van der Waals surface area (Å²) in [5.41, 5.74) is 0.341. The molecule has 89 heavy (non-hydrogen) atoms. The summed E-state index contributed by atoms with van der Waals surface area (Å²) in [7, 11) is 1.32. The number of carbonyl (C=O) groups is 10. The predicted octanol–water partition coefficient (Wildman–Crippen LogP) is 5.35. The third-order valence-electron chi connectivity index (χ3n) is 12.9. The van der Waals surface area contributed by atoms with Crippen LogP contribution in [0.4, 0.5) is 4.79 Å². The zero-order chi connectivity index (χ0) is 66.9. The largest absolute Gasteiger partial charge is 0.460 e. The zero-order valence-electron chi connectivity index (χ0n) is 55.0. The van der Waals surface area contributed by atoms with Gasteiger partial charge in [-0.05, 0) is 125 Å². The van der Waals surface area contributed by atoms with E-state index in [1.54, 1.807) is 96.9 Å². The number of likely N-dealkylation sites (N-methyl/N-ethyl adjacent to an activating group) is 1. The molecule has 0 saturated heterocycles. The maximum Gasteiger partial charge on any atom is 0.407 e. The van der Waals surface area contributed by atoms with Crippen LogP contribution in [0.1, 0.15) is 153 Å². The molecule has 0 aromatic heterocycles. The molecular formula is C64H98N6O19. The Hall–Kier alpha value is -7.22. The number of alkyl carbamates (subject to hydrolysis) is 1. The maximum atomic E-state index is 14.5. The van der Waals surface area contributed by atoms with Gasteiger partial charge in [-0.25, -0.2) is 4.79 Å². The van der Waals surface area contributed by atoms with Gasteiger partial charge in [-0.3, -0.25) is 43.2 Å². The summed E-state index contributed by atoms with van der Waals surface area (Å²) in [6.07, 6.45) is -3.13. The quantitative estimate of drug-likeness (QED) is 0.0330. The SMILES string of the molecule is CC(C)[C@H](NC(=O)[C@H](CCC(=O)OC(C)(C)C)NC(=O)[C@@H](CC(=O)OC(C)(C)C)NC(=O)OCC1c2ccccc2-c2ccccc21)C(=O)N[C@H](CC(=O)OC(C)(C)C)C(=O)N(C)[C@@H](C)C(=O)NCCOCCOCCOCCOCCC(=O)OC(C)(C)C. The highest BCUT2D eigenvalue weighted by Gasteiger charge is 2.38. The lowest BCUT2D eigenvalue weighted by Crippen LogP contribution is -2.60. The van der Waals surface area contributed by atoms with Crippen LogP contribution in [-0.2, 0) is 85.8 Å². The van der Waals surface area contributed by atoms with Gasteiger partial charge in [-0.2, -0.15) is 0 Å². The number of esters is 4. The highest BCUT2D eigenvalue weighted by Crippen LogP contribution is 2.44. The van der Waals surface area contributed by atoms with Crippen molar-refractivity contribution in [1.82, 2.24) is 31.5 Å². The van der Waals surface area contributed by atoms with Crippen molar-refractivity contribution < 1.29 is 90.6 Å². The molecule has 0 aliphatic heterocycles. The Balaban J connectivity index is 1.71. The van der Waals surface area contributed by atoms with Crippen LogP contribution in [0.3, 0.4) is 0 Å². The molecule has 6 amide bonds. The molecule has 1 aliphatic carbocycles. The Morgan fingerprint density at radius 1 is 0.472 bits per heavy atom. The van der Waals surface area contributed by atoms with E-state index in [0.29, 0.717) is 26.4 Å². The predicted molar refractivity (Wildman–Crippen MR) is 328 cm³/mol. The van der Waals surface area contributed by atoms with E-state index in [9.17, 15) is 47.9 Å². The van der Waals surface area contributed by atoms with Gasteiger partial charge >= 0.3 is 30.0 Å². The molecule has 498 valence electrons. The smallest absolute Gasteiger partial charge is 0.407 e. The van der Waals surface area contributed by atoms with Gasteiger partial charge in [0.1, 0.15) is 59.2 Å². The van der Waals surface area contributed by atoms with E-state index in [4.69, 9.17) is 42.6 Å². The van der Waals surface area contributed by atoms with Gasteiger partial charge in [0.25, 0.3) is 0 Å². The van der Waals surface area contributed by atoms with Crippen LogP contribution >= 0.6 is 0 Å². The standard InChI is InChI=1S/C64H98N6O19/c1-40(2)54(58(78)67-49(38-53(74)89-64(13,14)15)59(79)70(16)41(3)55(75)65-28-30-82-32-34-84-36-35-83-33-31-81-29-27-51(72)87-62(7,8)9)69-56(76)47(25-26-50(71)86-61(4,5)6)66-57(77)48(37-52(73)88-63(10,11)12)68-60(80)85-39-46-44-23-19-17-21-42(44)43-22-18-20-24-45(43)46/h17-24,40-41,46-49,54H,25-39H2,1-16H3,(H,65,75)(H,66,77)(H,67,78)(H,68,80)(H,69,76)/t41-,47-,48+,49+,54-/m0/s1. The topological polar surface area (TPSA) is 317 Å². The van der Waals surface area contributed by atoms with Crippen LogP contribution in [0.2, 0.25) is 0 Å². The van der Waals surface area contributed by atoms with Gasteiger partial charge in [0.05, 0.1) is 72.1 Å². The average molecular weight is 1260 g/mol. The zero-order valence-corrected chi connectivity index (χ0v) is 55.0. The minimum Gasteiger partial charge on any atom is -0.460 e. The summed E-state index contributed by atoms with van der Waals surface area (Å²) in [5.74, 6) is -8.29. The highest BCUT2D eigenvalue weighted by molar-refractivity contribution is 5.98. The number of hydrogen-bond acceptors (Lipinski definition) is 19. The third kappa shape index (κ3) is 29.3. The molecule has 3 rings (SSSR count). The molecule has 5 N–H and O–H groups in total. The number of rotatable bonds is 35. The van der Waals surface area contributed by atoms with E-state index in [1.165, 1.54) is 14.0 Å². The van der Waals surface area contributed by atoms with E-state index in [1.807, 2.05) is 48.5 Å². The number of amides is 6. The molecule has 25 heteroatoms. The van der Waals surface area contributed by atoms with Crippen LogP contribution in [0.25, 0.3) is 11.1 Å². The fourth-order valence-electron chi connectivity index (χ4n) is 8.85. The molecule has 0 saturated carbocycles. The van der Waals surface area contributed by atoms with Gasteiger partial charge in [0.2, 0.25) is 29.5 Å². The van der Waals surface area contributed by atoms with Gasteiger partial charge in [0.15, 0.2) is 0 Å². The summed E-state index contributed by atoms with van der Waals surface area (Å²) in [4.78, 5) is 137. The number of carbonyl (C=O) groups excluding carboxylic acids is 10. The van der Waals surface area contributed by atoms with Gasteiger partial charge in [-0.1, -0.05) is 62.4 Å². The van der Waals surface area contributed by atoms with Crippen molar-refractivity contribution in [2.24, 2.45) is 5.92 Å². The third-order valence-corrected chi connectivity index (χ3v) is 12.9. The summed E-state index contributed by atoms with van der Waals surface area (Å²) >= 11 is 0. The molecule has 0 fully saturated rings. The van der Waals surface area contributed by atoms with Crippen LogP contribution in [-0.4, -0.2) is 190 Å². The Labute approximate surface area is 524 Å². The lowest BCUT2D eigenvalue weighted by molar-refractivity contribution is -0.158. The van der Waals surface area contributed by atoms with Crippen LogP contribution < -0.4 is 26.6 Å². The Kier molecular flexibility index (Phi) is 30.6. The van der Waals surface area contributed by atoms with Gasteiger partial charge < -0.3 is 74.1 Å². The second-order valence-electron chi connectivity index (χ2n) is 25.8. The second kappa shape index (κ2) is 35.8. The number of benzene rings is 2. The lowest BCUT2D eigenvalue weighted by Gasteiger charge is -2.31. The molecule has 0 bridgehead atoms. The Morgan fingerprint density at radius 3 is 1.37 bits per heavy atom. The monoisotopic (exact) mass is 1250 g/mol. The van der Waals surface area contributed by atoms with Crippen molar-refractivity contribution in [3.8, 4) is 11.1 Å². The number of hydrogen-bond donors (Lipinski definition) is 5. The van der Waals surface area contributed by atoms with E-state index in [-0.39, 0.29) is 57.9 Å². The normalized spacial score (nSPS) is 14.1. The molecule has 1 aliphatic rings. The summed E-state index contributed by atoms with van der Waals surface area (Å²) in [6, 6.07) is 7.83. The van der Waals surface area contributed by atoms with E-state index >= 15 is 0 Å². The van der Waals surface area contributed by atoms with E-state index in [2.05, 4.69) is 26.6 Å². The molecule has 2 aromatic rings. The average Bonchev–Trinajstić information content (AvgIpc) is 1.64. The molecule has 0 unspecified atom stereocenters. The minimum absolute atomic E-state index is 0.0643. The number of nitrogens with one attached hydrogen (secondary N) is 5. The molecule has 0 radical (unpaired) electrons. The van der Waals surface area contributed by atoms with Crippen molar-refractivity contribution in [3.63, 3.8) is 0 Å². The molecular weight excluding hydrogens is 1160 g/mol. The Morgan fingerprint density at radius 2 is 0.888 bits per heavy atom. The first-order valence-corrected chi connectivity index (χ1v) is 30.2. The maximum absolute atomic E-state index is 14.5. The van der Waals surface area contributed by atoms with Crippen molar-refractivity contribution in [1.29, 1.82) is 0 Å². The second-order valence-corrected chi connectivity index (χ2v) is 25.8. The van der Waals surface area contributed by atoms with Crippen molar-refractivity contribution in [2.45, 2.75) is 194 Å². The fraction of sp³-hybridized carbons (Fsp3) is 0.656. The summed E-state index contributed by atoms with van der Waals surface area (Å²) in [5, 5.41) is 12.9. The molecule has 25 nitrogen and oxygen atoms in total.